The van der Waals surface area contributed by atoms with Gasteiger partial charge >= 0.3 is 5.97 Å². The topological polar surface area (TPSA) is 90.0 Å². The van der Waals surface area contributed by atoms with Crippen LogP contribution >= 0.6 is 0 Å². The molecule has 0 rings (SSSR count). The van der Waals surface area contributed by atoms with Crippen LogP contribution in [0, 0.1) is 0 Å². The third kappa shape index (κ3) is 6.76. The Hall–Kier alpha value is -1.63. The first-order valence-corrected chi connectivity index (χ1v) is 6.28. The van der Waals surface area contributed by atoms with Crippen molar-refractivity contribution in [2.75, 3.05) is 33.2 Å². The van der Waals surface area contributed by atoms with Gasteiger partial charge in [0.15, 0.2) is 0 Å². The van der Waals surface area contributed by atoms with E-state index in [1.165, 1.54) is 6.92 Å². The zero-order valence-electron chi connectivity index (χ0n) is 12.0. The van der Waals surface area contributed by atoms with Gasteiger partial charge in [0, 0.05) is 26.6 Å². The Bertz CT molecular complexity index is 329. The van der Waals surface area contributed by atoms with Crippen molar-refractivity contribution in [1.29, 1.82) is 0 Å². The van der Waals surface area contributed by atoms with Gasteiger partial charge in [-0.1, -0.05) is 0 Å². The molecule has 110 valence electrons. The van der Waals surface area contributed by atoms with Crippen LogP contribution in [0.3, 0.4) is 0 Å². The van der Waals surface area contributed by atoms with E-state index in [0.29, 0.717) is 13.1 Å². The predicted octanol–water partition coefficient (Wildman–Crippen LogP) is -0.624. The van der Waals surface area contributed by atoms with Crippen LogP contribution in [0.4, 0.5) is 0 Å². The fourth-order valence-electron chi connectivity index (χ4n) is 1.71. The lowest BCUT2D eigenvalue weighted by Crippen LogP contribution is -2.49. The molecular formula is C12H23N3O4. The maximum atomic E-state index is 11.8. The molecule has 2 N–H and O–H groups in total. The first-order chi connectivity index (χ1) is 8.81. The van der Waals surface area contributed by atoms with Gasteiger partial charge in [0.05, 0.1) is 6.54 Å². The average Bonchev–Trinajstić information content (AvgIpc) is 2.28. The Morgan fingerprint density at radius 3 is 2.11 bits per heavy atom. The number of carboxylic acid groups (broad SMARTS) is 1. The lowest BCUT2D eigenvalue weighted by molar-refractivity contribution is -0.142. The molecule has 0 spiro atoms. The first-order valence-electron chi connectivity index (χ1n) is 6.28. The summed E-state index contributed by atoms with van der Waals surface area (Å²) in [5.74, 6) is -1.58. The SMILES string of the molecule is CCN(CC)C(=O)CN(C)CC(NC(C)=O)C(=O)O. The van der Waals surface area contributed by atoms with Crippen molar-refractivity contribution in [3.63, 3.8) is 0 Å². The number of amides is 2. The number of carbonyl (C=O) groups is 3. The van der Waals surface area contributed by atoms with E-state index in [4.69, 9.17) is 5.11 Å². The molecule has 2 amide bonds. The normalized spacial score (nSPS) is 12.1. The molecule has 0 saturated carbocycles. The molecule has 0 saturated heterocycles. The van der Waals surface area contributed by atoms with E-state index < -0.39 is 17.9 Å². The van der Waals surface area contributed by atoms with Crippen molar-refractivity contribution < 1.29 is 19.5 Å². The molecule has 0 aliphatic carbocycles. The van der Waals surface area contributed by atoms with Gasteiger partial charge in [0.2, 0.25) is 11.8 Å². The summed E-state index contributed by atoms with van der Waals surface area (Å²) in [6.07, 6.45) is 0. The monoisotopic (exact) mass is 273 g/mol. The summed E-state index contributed by atoms with van der Waals surface area (Å²) in [4.78, 5) is 37.0. The van der Waals surface area contributed by atoms with Gasteiger partial charge in [-0.3, -0.25) is 14.5 Å². The van der Waals surface area contributed by atoms with E-state index in [1.54, 1.807) is 16.8 Å². The van der Waals surface area contributed by atoms with E-state index in [2.05, 4.69) is 5.32 Å². The number of carbonyl (C=O) groups excluding carboxylic acids is 2. The summed E-state index contributed by atoms with van der Waals surface area (Å²) in [6.45, 7) is 6.50. The van der Waals surface area contributed by atoms with Crippen LogP contribution in [0.15, 0.2) is 0 Å². The summed E-state index contributed by atoms with van der Waals surface area (Å²) >= 11 is 0. The number of nitrogens with one attached hydrogen (secondary N) is 1. The third-order valence-corrected chi connectivity index (χ3v) is 2.69. The maximum absolute atomic E-state index is 11.8. The van der Waals surface area contributed by atoms with Crippen LogP contribution in [0.1, 0.15) is 20.8 Å². The molecule has 0 heterocycles. The molecule has 19 heavy (non-hydrogen) atoms. The summed E-state index contributed by atoms with van der Waals surface area (Å²) in [6, 6.07) is -1.01. The van der Waals surface area contributed by atoms with E-state index in [0.717, 1.165) is 0 Å². The highest BCUT2D eigenvalue weighted by atomic mass is 16.4. The minimum atomic E-state index is -1.11. The minimum Gasteiger partial charge on any atom is -0.480 e. The second-order valence-electron chi connectivity index (χ2n) is 4.35. The van der Waals surface area contributed by atoms with E-state index in [1.807, 2.05) is 13.8 Å². The second-order valence-corrected chi connectivity index (χ2v) is 4.35. The lowest BCUT2D eigenvalue weighted by Gasteiger charge is -2.25. The standard InChI is InChI=1S/C12H23N3O4/c1-5-15(6-2)11(17)8-14(4)7-10(12(18)19)13-9(3)16/h10H,5-8H2,1-4H3,(H,13,16)(H,18,19). The number of hydrogen-bond donors (Lipinski definition) is 2. The maximum Gasteiger partial charge on any atom is 0.327 e. The highest BCUT2D eigenvalue weighted by molar-refractivity contribution is 5.82. The summed E-state index contributed by atoms with van der Waals surface area (Å²) in [5.41, 5.74) is 0. The van der Waals surface area contributed by atoms with Crippen molar-refractivity contribution >= 4 is 17.8 Å². The van der Waals surface area contributed by atoms with Crippen LogP contribution < -0.4 is 5.32 Å². The van der Waals surface area contributed by atoms with Crippen molar-refractivity contribution in [2.24, 2.45) is 0 Å². The summed E-state index contributed by atoms with van der Waals surface area (Å²) in [7, 11) is 1.65. The fraction of sp³-hybridized carbons (Fsp3) is 0.750. The highest BCUT2D eigenvalue weighted by Gasteiger charge is 2.22. The van der Waals surface area contributed by atoms with Crippen molar-refractivity contribution in [3.05, 3.63) is 0 Å². The minimum absolute atomic E-state index is 0.0561. The first kappa shape index (κ1) is 17.4. The molecular weight excluding hydrogens is 250 g/mol. The van der Waals surface area contributed by atoms with Gasteiger partial charge in [-0.25, -0.2) is 4.79 Å². The smallest absolute Gasteiger partial charge is 0.327 e. The van der Waals surface area contributed by atoms with Crippen LogP contribution in [0.2, 0.25) is 0 Å². The highest BCUT2D eigenvalue weighted by Crippen LogP contribution is 1.95. The third-order valence-electron chi connectivity index (χ3n) is 2.69. The van der Waals surface area contributed by atoms with Gasteiger partial charge < -0.3 is 15.3 Å². The Morgan fingerprint density at radius 2 is 1.74 bits per heavy atom. The second kappa shape index (κ2) is 8.47. The van der Waals surface area contributed by atoms with Gasteiger partial charge in [0.1, 0.15) is 6.04 Å². The fourth-order valence-corrected chi connectivity index (χ4v) is 1.71. The Kier molecular flexibility index (Phi) is 7.74. The molecule has 0 aliphatic rings. The van der Waals surface area contributed by atoms with Gasteiger partial charge in [-0.15, -0.1) is 0 Å². The van der Waals surface area contributed by atoms with E-state index in [-0.39, 0.29) is 19.0 Å². The molecule has 7 nitrogen and oxygen atoms in total. The van der Waals surface area contributed by atoms with Crippen molar-refractivity contribution in [2.45, 2.75) is 26.8 Å². The molecule has 0 aromatic rings. The molecule has 0 fully saturated rings. The van der Waals surface area contributed by atoms with Crippen molar-refractivity contribution in [1.82, 2.24) is 15.1 Å². The molecule has 7 heteroatoms. The number of hydrogen-bond acceptors (Lipinski definition) is 4. The van der Waals surface area contributed by atoms with Gasteiger partial charge in [-0.2, -0.15) is 0 Å². The zero-order chi connectivity index (χ0) is 15.0. The number of likely N-dealkylation sites (N-methyl/N-ethyl adjacent to an activating group) is 2. The van der Waals surface area contributed by atoms with Crippen LogP contribution in [-0.4, -0.2) is 72.0 Å². The number of rotatable bonds is 8. The van der Waals surface area contributed by atoms with Crippen LogP contribution in [0.5, 0.6) is 0 Å². The predicted molar refractivity (Wildman–Crippen MR) is 70.7 cm³/mol. The molecule has 0 aromatic carbocycles. The number of aliphatic carboxylic acids is 1. The Balaban J connectivity index is 4.41. The molecule has 1 unspecified atom stereocenters. The van der Waals surface area contributed by atoms with E-state index in [9.17, 15) is 14.4 Å². The largest absolute Gasteiger partial charge is 0.480 e. The van der Waals surface area contributed by atoms with Crippen LogP contribution in [0.25, 0.3) is 0 Å². The lowest BCUT2D eigenvalue weighted by atomic mass is 10.2. The van der Waals surface area contributed by atoms with Crippen molar-refractivity contribution in [3.8, 4) is 0 Å². The zero-order valence-corrected chi connectivity index (χ0v) is 12.0. The number of carboxylic acids is 1. The van der Waals surface area contributed by atoms with Crippen LogP contribution in [-0.2, 0) is 14.4 Å². The molecule has 0 bridgehead atoms. The molecule has 1 atom stereocenters. The average molecular weight is 273 g/mol. The quantitative estimate of drug-likeness (QED) is 0.615. The molecule has 0 aliphatic heterocycles. The Morgan fingerprint density at radius 1 is 1.21 bits per heavy atom. The number of nitrogens with zero attached hydrogens (tertiary/aromatic N) is 2. The van der Waals surface area contributed by atoms with E-state index >= 15 is 0 Å². The molecule has 0 radical (unpaired) electrons. The summed E-state index contributed by atoms with van der Waals surface area (Å²) in [5, 5.41) is 11.3. The van der Waals surface area contributed by atoms with Gasteiger partial charge in [-0.05, 0) is 20.9 Å². The van der Waals surface area contributed by atoms with Gasteiger partial charge in [0.25, 0.3) is 0 Å². The summed E-state index contributed by atoms with van der Waals surface area (Å²) < 4.78 is 0. The molecule has 0 aromatic heterocycles. The Labute approximate surface area is 113 Å².